The molecular weight excluding hydrogens is 464 g/mol. The molecule has 1 unspecified atom stereocenters. The van der Waals surface area contributed by atoms with E-state index in [1.807, 2.05) is 18.5 Å². The molecule has 10 heteroatoms. The first-order chi connectivity index (χ1) is 16.9. The summed E-state index contributed by atoms with van der Waals surface area (Å²) in [6.07, 6.45) is 12.2. The van der Waals surface area contributed by atoms with Crippen LogP contribution in [0.15, 0.2) is 66.8 Å². The van der Waals surface area contributed by atoms with Crippen molar-refractivity contribution in [2.24, 2.45) is 0 Å². The van der Waals surface area contributed by atoms with Crippen LogP contribution in [0.4, 0.5) is 11.5 Å². The number of H-pyrrole nitrogens is 1. The highest BCUT2D eigenvalue weighted by Crippen LogP contribution is 2.35. The second-order valence-corrected chi connectivity index (χ2v) is 10.3. The number of imidazole rings is 1. The number of benzene rings is 1. The molecule has 9 nitrogen and oxygen atoms in total. The zero-order chi connectivity index (χ0) is 24.4. The molecule has 0 saturated heterocycles. The molecule has 0 fully saturated rings. The molecule has 3 aromatic rings. The minimum atomic E-state index is -3.33. The number of likely N-dealkylation sites (N-methyl/N-ethyl adjacent to an activating group) is 1. The largest absolute Gasteiger partial charge is 0.493 e. The third-order valence-corrected chi connectivity index (χ3v) is 7.24. The van der Waals surface area contributed by atoms with Crippen LogP contribution in [0.25, 0.3) is 11.4 Å². The average Bonchev–Trinajstić information content (AvgIpc) is 3.47. The summed E-state index contributed by atoms with van der Waals surface area (Å²) in [6.45, 7) is 5.33. The monoisotopic (exact) mass is 492 g/mol. The lowest BCUT2D eigenvalue weighted by Gasteiger charge is -2.33. The number of pyridine rings is 1. The van der Waals surface area contributed by atoms with Gasteiger partial charge in [-0.3, -0.25) is 4.72 Å². The van der Waals surface area contributed by atoms with Crippen LogP contribution < -0.4 is 19.7 Å². The molecule has 0 radical (unpaired) electrons. The van der Waals surface area contributed by atoms with Gasteiger partial charge in [-0.1, -0.05) is 6.07 Å². The zero-order valence-electron chi connectivity index (χ0n) is 19.7. The van der Waals surface area contributed by atoms with Crippen LogP contribution in [0.3, 0.4) is 0 Å². The maximum atomic E-state index is 11.9. The van der Waals surface area contributed by atoms with E-state index in [1.54, 1.807) is 30.6 Å². The van der Waals surface area contributed by atoms with E-state index < -0.39 is 10.0 Å². The molecule has 0 spiro atoms. The third-order valence-electron chi connectivity index (χ3n) is 6.04. The van der Waals surface area contributed by atoms with Gasteiger partial charge in [-0.05, 0) is 61.5 Å². The lowest BCUT2D eigenvalue weighted by Crippen LogP contribution is -2.44. The molecule has 2 aromatic heterocycles. The Kier molecular flexibility index (Phi) is 6.21. The number of nitrogens with zero attached hydrogens (tertiary/aromatic N) is 3. The Morgan fingerprint density at radius 3 is 2.91 bits per heavy atom. The molecule has 0 amide bonds. The first-order valence-corrected chi connectivity index (χ1v) is 13.2. The second-order valence-electron chi connectivity index (χ2n) is 8.54. The van der Waals surface area contributed by atoms with Crippen molar-refractivity contribution in [1.82, 2.24) is 20.3 Å². The van der Waals surface area contributed by atoms with Crippen molar-refractivity contribution >= 4 is 21.5 Å². The van der Waals surface area contributed by atoms with Crippen LogP contribution in [-0.4, -0.2) is 42.7 Å². The van der Waals surface area contributed by atoms with Crippen LogP contribution in [-0.2, 0) is 22.2 Å². The number of dihydropyridines is 1. The van der Waals surface area contributed by atoms with E-state index in [1.165, 1.54) is 5.57 Å². The predicted octanol–water partition coefficient (Wildman–Crippen LogP) is 3.56. The van der Waals surface area contributed by atoms with E-state index in [-0.39, 0.29) is 11.9 Å². The van der Waals surface area contributed by atoms with Crippen LogP contribution in [0, 0.1) is 0 Å². The molecule has 2 aliphatic rings. The van der Waals surface area contributed by atoms with Gasteiger partial charge in [0.05, 0.1) is 23.6 Å². The van der Waals surface area contributed by atoms with Crippen LogP contribution >= 0.6 is 0 Å². The van der Waals surface area contributed by atoms with E-state index >= 15 is 0 Å². The Balaban J connectivity index is 1.37. The molecule has 1 atom stereocenters. The van der Waals surface area contributed by atoms with Crippen LogP contribution in [0.1, 0.15) is 25.0 Å². The van der Waals surface area contributed by atoms with Gasteiger partial charge < -0.3 is 19.9 Å². The first-order valence-electron chi connectivity index (χ1n) is 11.5. The number of rotatable bonds is 8. The number of allylic oxidation sites excluding steroid dienone is 2. The van der Waals surface area contributed by atoms with Gasteiger partial charge in [0.2, 0.25) is 10.0 Å². The molecule has 0 aliphatic carbocycles. The summed E-state index contributed by atoms with van der Waals surface area (Å²) < 4.78 is 32.4. The summed E-state index contributed by atoms with van der Waals surface area (Å²) in [5, 5.41) is 3.40. The molecule has 0 bridgehead atoms. The third kappa shape index (κ3) is 4.88. The minimum absolute atomic E-state index is 0.00883. The van der Waals surface area contributed by atoms with Crippen LogP contribution in [0.2, 0.25) is 0 Å². The van der Waals surface area contributed by atoms with Gasteiger partial charge in [0.15, 0.2) is 0 Å². The van der Waals surface area contributed by atoms with Gasteiger partial charge >= 0.3 is 0 Å². The van der Waals surface area contributed by atoms with Crippen molar-refractivity contribution in [1.29, 1.82) is 0 Å². The molecule has 182 valence electrons. The summed E-state index contributed by atoms with van der Waals surface area (Å²) >= 11 is 0. The Bertz CT molecular complexity index is 1380. The summed E-state index contributed by atoms with van der Waals surface area (Å²) in [4.78, 5) is 14.7. The lowest BCUT2D eigenvalue weighted by atomic mass is 10.1. The Hall–Kier alpha value is -3.79. The molecule has 5 rings (SSSR count). The number of sulfonamides is 1. The number of aromatic nitrogens is 3. The van der Waals surface area contributed by atoms with Gasteiger partial charge in [-0.15, -0.1) is 0 Å². The lowest BCUT2D eigenvalue weighted by molar-refractivity contribution is 0.319. The van der Waals surface area contributed by atoms with Crippen LogP contribution in [0.5, 0.6) is 5.75 Å². The number of hydrogen-bond acceptors (Lipinski definition) is 7. The van der Waals surface area contributed by atoms with E-state index in [2.05, 4.69) is 50.9 Å². The average molecular weight is 493 g/mol. The number of ether oxygens (including phenoxy) is 1. The van der Waals surface area contributed by atoms with E-state index in [9.17, 15) is 8.42 Å². The van der Waals surface area contributed by atoms with Gasteiger partial charge in [-0.2, -0.15) is 0 Å². The Morgan fingerprint density at radius 1 is 1.26 bits per heavy atom. The maximum absolute atomic E-state index is 11.9. The fourth-order valence-corrected chi connectivity index (χ4v) is 5.64. The Labute approximate surface area is 205 Å². The summed E-state index contributed by atoms with van der Waals surface area (Å²) in [6, 6.07) is 7.43. The smallest absolute Gasteiger partial charge is 0.237 e. The van der Waals surface area contributed by atoms with Gasteiger partial charge in [0.1, 0.15) is 23.6 Å². The number of nitrogens with one attached hydrogen (secondary N) is 3. The van der Waals surface area contributed by atoms with E-state index in [0.717, 1.165) is 29.3 Å². The van der Waals surface area contributed by atoms with Crippen molar-refractivity contribution in [3.05, 3.63) is 77.9 Å². The highest BCUT2D eigenvalue weighted by Gasteiger charge is 2.27. The zero-order valence-corrected chi connectivity index (χ0v) is 20.5. The molecule has 3 N–H and O–H groups in total. The minimum Gasteiger partial charge on any atom is -0.493 e. The van der Waals surface area contributed by atoms with Gasteiger partial charge in [0.25, 0.3) is 0 Å². The van der Waals surface area contributed by atoms with Gasteiger partial charge in [0, 0.05) is 37.1 Å². The summed E-state index contributed by atoms with van der Waals surface area (Å²) in [5.74, 6) is 2.10. The molecule has 4 heterocycles. The second kappa shape index (κ2) is 9.46. The number of hydrogen-bond donors (Lipinski definition) is 3. The number of anilines is 2. The quantitative estimate of drug-likeness (QED) is 0.441. The van der Waals surface area contributed by atoms with E-state index in [0.29, 0.717) is 30.0 Å². The van der Waals surface area contributed by atoms with Gasteiger partial charge in [-0.25, -0.2) is 18.4 Å². The molecule has 1 aromatic carbocycles. The molecule has 2 aliphatic heterocycles. The molecule has 0 saturated carbocycles. The predicted molar refractivity (Wildman–Crippen MR) is 137 cm³/mol. The number of fused-ring (bicyclic) bond motifs is 1. The number of aromatic amines is 1. The molecule has 35 heavy (non-hydrogen) atoms. The fraction of sp³-hybridized carbons (Fsp3) is 0.280. The van der Waals surface area contributed by atoms with Crippen molar-refractivity contribution in [3.8, 4) is 17.1 Å². The first kappa shape index (κ1) is 23.0. The topological polar surface area (TPSA) is 112 Å². The van der Waals surface area contributed by atoms with Crippen molar-refractivity contribution in [2.75, 3.05) is 22.8 Å². The fourth-order valence-electron chi connectivity index (χ4n) is 4.36. The highest BCUT2D eigenvalue weighted by atomic mass is 32.2. The summed E-state index contributed by atoms with van der Waals surface area (Å²) in [7, 11) is -3.33. The standard InChI is InChI=1S/C25H28N6O3S/c1-3-31(23-13-17(2)7-9-26-23)25-19(24-27-10-11-28-24)14-18(15-29-25)8-12-34-22-6-4-5-21-20(22)16-35(32,33)30-21/h4-7,9-11,13-15,23,26,30H,3,8,12,16H2,1-2H3,(H,27,28). The van der Waals surface area contributed by atoms with Crippen molar-refractivity contribution in [2.45, 2.75) is 32.2 Å². The Morgan fingerprint density at radius 2 is 2.14 bits per heavy atom. The van der Waals surface area contributed by atoms with Crippen molar-refractivity contribution < 1.29 is 13.2 Å². The molecular formula is C25H28N6O3S. The SMILES string of the molecule is CCN(c1ncc(CCOc2cccc3c2CS(=O)(=O)N3)cc1-c1ncc[nH]1)C1C=C(C)C=CN1. The summed E-state index contributed by atoms with van der Waals surface area (Å²) in [5.41, 5.74) is 4.36. The van der Waals surface area contributed by atoms with E-state index in [4.69, 9.17) is 9.72 Å². The maximum Gasteiger partial charge on any atom is 0.237 e. The van der Waals surface area contributed by atoms with Crippen molar-refractivity contribution in [3.63, 3.8) is 0 Å². The normalized spacial score (nSPS) is 17.8. The highest BCUT2D eigenvalue weighted by molar-refractivity contribution is 7.92.